The molecule has 0 amide bonds. The van der Waals surface area contributed by atoms with Crippen molar-refractivity contribution in [3.63, 3.8) is 0 Å². The number of aromatic nitrogens is 1. The van der Waals surface area contributed by atoms with E-state index < -0.39 is 5.97 Å². The number of likely N-dealkylation sites (N-methyl/N-ethyl adjacent to an activating group) is 1. The van der Waals surface area contributed by atoms with Crippen LogP contribution in [0.3, 0.4) is 0 Å². The number of halogens is 1. The van der Waals surface area contributed by atoms with Crippen LogP contribution in [0.15, 0.2) is 0 Å². The molecule has 106 valence electrons. The first kappa shape index (κ1) is 14.6. The van der Waals surface area contributed by atoms with Gasteiger partial charge >= 0.3 is 5.97 Å². The summed E-state index contributed by atoms with van der Waals surface area (Å²) in [5.74, 6) is -0.422. The van der Waals surface area contributed by atoms with E-state index in [1.165, 1.54) is 18.4 Å². The highest BCUT2D eigenvalue weighted by Crippen LogP contribution is 2.31. The van der Waals surface area contributed by atoms with Crippen molar-refractivity contribution in [2.45, 2.75) is 19.9 Å². The number of carbonyl (C=O) groups is 1. The predicted octanol–water partition coefficient (Wildman–Crippen LogP) is 2.11. The third kappa shape index (κ3) is 3.01. The number of hydrogen-bond donors (Lipinski definition) is 0. The number of rotatable bonds is 3. The summed E-state index contributed by atoms with van der Waals surface area (Å²) in [6.45, 7) is 8.23. The molecule has 1 atom stereocenters. The Hall–Kier alpha value is -0.850. The lowest BCUT2D eigenvalue weighted by Gasteiger charge is -2.39. The number of methoxy groups -OCH3 is 1. The molecular weight excluding hydrogens is 286 g/mol. The Kier molecular flexibility index (Phi) is 4.65. The molecule has 5 nitrogen and oxygen atoms in total. The van der Waals surface area contributed by atoms with Gasteiger partial charge in [-0.1, -0.05) is 29.9 Å². The van der Waals surface area contributed by atoms with Gasteiger partial charge in [0.15, 0.2) is 15.2 Å². The van der Waals surface area contributed by atoms with Crippen LogP contribution in [-0.2, 0) is 4.74 Å². The second kappa shape index (κ2) is 6.07. The molecule has 1 aromatic heterocycles. The largest absolute Gasteiger partial charge is 0.465 e. The average molecular weight is 304 g/mol. The molecular formula is C12H18ClN3O2S. The highest BCUT2D eigenvalue weighted by Gasteiger charge is 2.26. The Morgan fingerprint density at radius 3 is 2.89 bits per heavy atom. The Labute approximate surface area is 122 Å². The number of nitrogens with zero attached hydrogens (tertiary/aromatic N) is 3. The van der Waals surface area contributed by atoms with E-state index in [4.69, 9.17) is 16.3 Å². The van der Waals surface area contributed by atoms with E-state index >= 15 is 0 Å². The highest BCUT2D eigenvalue weighted by molar-refractivity contribution is 7.18. The molecule has 0 saturated carbocycles. The van der Waals surface area contributed by atoms with Gasteiger partial charge in [0, 0.05) is 25.7 Å². The van der Waals surface area contributed by atoms with Crippen LogP contribution < -0.4 is 4.90 Å². The number of hydrogen-bond acceptors (Lipinski definition) is 6. The molecule has 0 bridgehead atoms. The molecule has 1 saturated heterocycles. The second-order valence-corrected chi connectivity index (χ2v) is 5.87. The minimum Gasteiger partial charge on any atom is -0.465 e. The smallest absolute Gasteiger partial charge is 0.351 e. The van der Waals surface area contributed by atoms with Gasteiger partial charge in [-0.3, -0.25) is 4.90 Å². The highest BCUT2D eigenvalue weighted by atomic mass is 35.5. The monoisotopic (exact) mass is 303 g/mol. The molecule has 0 aliphatic carbocycles. The van der Waals surface area contributed by atoms with E-state index in [2.05, 4.69) is 28.6 Å². The summed E-state index contributed by atoms with van der Waals surface area (Å²) in [5, 5.41) is 1.03. The normalized spacial score (nSPS) is 20.6. The number of piperazine rings is 1. The summed E-state index contributed by atoms with van der Waals surface area (Å²) in [5.41, 5.74) is 0. The molecule has 2 heterocycles. The van der Waals surface area contributed by atoms with E-state index in [0.717, 1.165) is 31.3 Å². The topological polar surface area (TPSA) is 45.7 Å². The number of thiazole rings is 1. The minimum atomic E-state index is -0.422. The van der Waals surface area contributed by atoms with Crippen LogP contribution in [0.1, 0.15) is 23.5 Å². The predicted molar refractivity (Wildman–Crippen MR) is 77.4 cm³/mol. The molecule has 2 rings (SSSR count). The first-order valence-corrected chi connectivity index (χ1v) is 7.49. The number of esters is 1. The molecule has 0 radical (unpaired) electrons. The Morgan fingerprint density at radius 1 is 1.58 bits per heavy atom. The van der Waals surface area contributed by atoms with Gasteiger partial charge in [-0.25, -0.2) is 9.78 Å². The van der Waals surface area contributed by atoms with Crippen LogP contribution in [-0.4, -0.2) is 55.2 Å². The van der Waals surface area contributed by atoms with Gasteiger partial charge in [-0.2, -0.15) is 0 Å². The fourth-order valence-corrected chi connectivity index (χ4v) is 3.52. The van der Waals surface area contributed by atoms with E-state index in [0.29, 0.717) is 10.9 Å². The van der Waals surface area contributed by atoms with Gasteiger partial charge in [-0.15, -0.1) is 0 Å². The van der Waals surface area contributed by atoms with Crippen molar-refractivity contribution in [1.29, 1.82) is 0 Å². The SMILES string of the molecule is CCN1CCN(c2nc(Cl)c(C(=O)OC)s2)CC1C. The summed E-state index contributed by atoms with van der Waals surface area (Å²) >= 11 is 7.29. The number of carbonyl (C=O) groups excluding carboxylic acids is 1. The quantitative estimate of drug-likeness (QED) is 0.800. The Morgan fingerprint density at radius 2 is 2.32 bits per heavy atom. The molecule has 1 fully saturated rings. The molecule has 1 unspecified atom stereocenters. The molecule has 1 aliphatic rings. The fraction of sp³-hybridized carbons (Fsp3) is 0.667. The van der Waals surface area contributed by atoms with Crippen LogP contribution in [0.5, 0.6) is 0 Å². The minimum absolute atomic E-state index is 0.234. The molecule has 0 spiro atoms. The van der Waals surface area contributed by atoms with Gasteiger partial charge in [-0.05, 0) is 13.5 Å². The standard InChI is InChI=1S/C12H18ClN3O2S/c1-4-15-5-6-16(7-8(15)2)12-14-10(13)9(19-12)11(17)18-3/h8H,4-7H2,1-3H3. The van der Waals surface area contributed by atoms with Crippen molar-refractivity contribution < 1.29 is 9.53 Å². The lowest BCUT2D eigenvalue weighted by atomic mass is 10.2. The summed E-state index contributed by atoms with van der Waals surface area (Å²) < 4.78 is 4.69. The first-order chi connectivity index (χ1) is 9.06. The van der Waals surface area contributed by atoms with Crippen molar-refractivity contribution in [2.24, 2.45) is 0 Å². The van der Waals surface area contributed by atoms with E-state index in [-0.39, 0.29) is 5.15 Å². The average Bonchev–Trinajstić information content (AvgIpc) is 2.80. The second-order valence-electron chi connectivity index (χ2n) is 4.53. The number of anilines is 1. The van der Waals surface area contributed by atoms with Crippen LogP contribution >= 0.6 is 22.9 Å². The van der Waals surface area contributed by atoms with Gasteiger partial charge in [0.1, 0.15) is 0 Å². The van der Waals surface area contributed by atoms with Crippen LogP contribution in [0.4, 0.5) is 5.13 Å². The summed E-state index contributed by atoms with van der Waals surface area (Å²) in [6.07, 6.45) is 0. The molecule has 0 aromatic carbocycles. The van der Waals surface area contributed by atoms with Crippen molar-refractivity contribution in [2.75, 3.05) is 38.2 Å². The van der Waals surface area contributed by atoms with E-state index in [1.807, 2.05) is 0 Å². The zero-order chi connectivity index (χ0) is 14.0. The molecule has 7 heteroatoms. The fourth-order valence-electron chi connectivity index (χ4n) is 2.28. The number of ether oxygens (including phenoxy) is 1. The van der Waals surface area contributed by atoms with Crippen LogP contribution in [0, 0.1) is 0 Å². The summed E-state index contributed by atoms with van der Waals surface area (Å²) in [7, 11) is 1.35. The summed E-state index contributed by atoms with van der Waals surface area (Å²) in [4.78, 5) is 20.8. The van der Waals surface area contributed by atoms with Gasteiger partial charge in [0.25, 0.3) is 0 Å². The maximum Gasteiger partial charge on any atom is 0.351 e. The summed E-state index contributed by atoms with van der Waals surface area (Å²) in [6, 6.07) is 0.475. The zero-order valence-electron chi connectivity index (χ0n) is 11.4. The molecule has 1 aromatic rings. The van der Waals surface area contributed by atoms with Gasteiger partial charge in [0.05, 0.1) is 7.11 Å². The van der Waals surface area contributed by atoms with Crippen molar-refractivity contribution in [3.05, 3.63) is 10.0 Å². The molecule has 19 heavy (non-hydrogen) atoms. The lowest BCUT2D eigenvalue weighted by Crippen LogP contribution is -2.51. The maximum atomic E-state index is 11.5. The van der Waals surface area contributed by atoms with Crippen molar-refractivity contribution >= 4 is 34.0 Å². The van der Waals surface area contributed by atoms with E-state index in [9.17, 15) is 4.79 Å². The van der Waals surface area contributed by atoms with E-state index in [1.54, 1.807) is 0 Å². The Bertz CT molecular complexity index is 466. The van der Waals surface area contributed by atoms with Crippen LogP contribution in [0.2, 0.25) is 5.15 Å². The molecule has 0 N–H and O–H groups in total. The van der Waals surface area contributed by atoms with Gasteiger partial charge < -0.3 is 9.64 Å². The zero-order valence-corrected chi connectivity index (χ0v) is 12.9. The first-order valence-electron chi connectivity index (χ1n) is 6.30. The third-order valence-corrected chi connectivity index (χ3v) is 4.87. The molecule has 1 aliphatic heterocycles. The van der Waals surface area contributed by atoms with Gasteiger partial charge in [0.2, 0.25) is 0 Å². The third-order valence-electron chi connectivity index (χ3n) is 3.39. The van der Waals surface area contributed by atoms with Crippen LogP contribution in [0.25, 0.3) is 0 Å². The lowest BCUT2D eigenvalue weighted by molar-refractivity contribution is 0.0606. The van der Waals surface area contributed by atoms with Crippen molar-refractivity contribution in [1.82, 2.24) is 9.88 Å². The Balaban J connectivity index is 2.13. The van der Waals surface area contributed by atoms with Crippen molar-refractivity contribution in [3.8, 4) is 0 Å². The maximum absolute atomic E-state index is 11.5.